The highest BCUT2D eigenvalue weighted by molar-refractivity contribution is 5.52. The Kier molecular flexibility index (Phi) is 3.88. The topological polar surface area (TPSA) is 76.2 Å². The molecule has 0 unspecified atom stereocenters. The van der Waals surface area contributed by atoms with E-state index in [1.807, 2.05) is 6.07 Å². The van der Waals surface area contributed by atoms with Gasteiger partial charge in [-0.15, -0.1) is 0 Å². The van der Waals surface area contributed by atoms with Gasteiger partial charge in [0.2, 0.25) is 0 Å². The minimum absolute atomic E-state index is 0.0971. The van der Waals surface area contributed by atoms with E-state index < -0.39 is 4.92 Å². The van der Waals surface area contributed by atoms with Crippen molar-refractivity contribution in [1.29, 1.82) is 5.26 Å². The van der Waals surface area contributed by atoms with Crippen LogP contribution in [0.4, 0.5) is 5.69 Å². The quantitative estimate of drug-likeness (QED) is 0.429. The predicted octanol–water partition coefficient (Wildman–Crippen LogP) is 1.87. The van der Waals surface area contributed by atoms with Crippen LogP contribution in [0.3, 0.4) is 0 Å². The molecule has 0 saturated heterocycles. The predicted molar refractivity (Wildman–Crippen MR) is 56.8 cm³/mol. The molecule has 5 nitrogen and oxygen atoms in total. The van der Waals surface area contributed by atoms with E-state index in [1.54, 1.807) is 6.07 Å². The molecular formula is C11H8N2O3. The SMILES string of the molecule is COc1ccc(C#CCC#N)cc1[N+](=O)[O-]. The molecule has 0 N–H and O–H groups in total. The number of hydrogen-bond acceptors (Lipinski definition) is 4. The molecule has 1 aromatic rings. The number of methoxy groups -OCH3 is 1. The molecule has 0 aromatic heterocycles. The van der Waals surface area contributed by atoms with Gasteiger partial charge in [0.1, 0.15) is 0 Å². The van der Waals surface area contributed by atoms with Gasteiger partial charge in [-0.2, -0.15) is 5.26 Å². The first-order valence-electron chi connectivity index (χ1n) is 4.37. The van der Waals surface area contributed by atoms with Crippen molar-refractivity contribution < 1.29 is 9.66 Å². The Morgan fingerprint density at radius 2 is 2.31 bits per heavy atom. The van der Waals surface area contributed by atoms with Crippen molar-refractivity contribution >= 4 is 5.69 Å². The second-order valence-electron chi connectivity index (χ2n) is 2.78. The van der Waals surface area contributed by atoms with Crippen molar-refractivity contribution in [2.75, 3.05) is 7.11 Å². The molecule has 0 spiro atoms. The average molecular weight is 216 g/mol. The molecule has 1 rings (SSSR count). The molecule has 0 aliphatic carbocycles. The van der Waals surface area contributed by atoms with E-state index in [1.165, 1.54) is 19.2 Å². The molecular weight excluding hydrogens is 208 g/mol. The zero-order valence-corrected chi connectivity index (χ0v) is 8.56. The molecule has 0 aliphatic heterocycles. The largest absolute Gasteiger partial charge is 0.490 e. The second kappa shape index (κ2) is 5.38. The molecule has 16 heavy (non-hydrogen) atoms. The van der Waals surface area contributed by atoms with E-state index in [0.29, 0.717) is 5.56 Å². The van der Waals surface area contributed by atoms with E-state index >= 15 is 0 Å². The maximum Gasteiger partial charge on any atom is 0.312 e. The third-order valence-electron chi connectivity index (χ3n) is 1.78. The fraction of sp³-hybridized carbons (Fsp3) is 0.182. The van der Waals surface area contributed by atoms with Crippen molar-refractivity contribution in [1.82, 2.24) is 0 Å². The smallest absolute Gasteiger partial charge is 0.312 e. The van der Waals surface area contributed by atoms with Crippen LogP contribution >= 0.6 is 0 Å². The van der Waals surface area contributed by atoms with Gasteiger partial charge in [0.25, 0.3) is 0 Å². The van der Waals surface area contributed by atoms with Crippen LogP contribution in [-0.4, -0.2) is 12.0 Å². The number of nitro benzene ring substituents is 1. The Hall–Kier alpha value is -2.53. The molecule has 80 valence electrons. The van der Waals surface area contributed by atoms with Crippen LogP contribution in [0, 0.1) is 33.3 Å². The standard InChI is InChI=1S/C11H8N2O3/c1-16-11-6-5-9(4-2-3-7-12)8-10(11)13(14)15/h5-6,8H,3H2,1H3. The summed E-state index contributed by atoms with van der Waals surface area (Å²) in [6.45, 7) is 0. The summed E-state index contributed by atoms with van der Waals surface area (Å²) in [5.41, 5.74) is 0.356. The van der Waals surface area contributed by atoms with Gasteiger partial charge in [-0.1, -0.05) is 11.8 Å². The monoisotopic (exact) mass is 216 g/mol. The molecule has 0 fully saturated rings. The summed E-state index contributed by atoms with van der Waals surface area (Å²) < 4.78 is 4.85. The van der Waals surface area contributed by atoms with E-state index in [4.69, 9.17) is 10.00 Å². The van der Waals surface area contributed by atoms with Crippen molar-refractivity contribution in [3.8, 4) is 23.7 Å². The van der Waals surface area contributed by atoms with Crippen molar-refractivity contribution in [2.45, 2.75) is 6.42 Å². The Morgan fingerprint density at radius 3 is 2.88 bits per heavy atom. The van der Waals surface area contributed by atoms with Crippen LogP contribution in [0.15, 0.2) is 18.2 Å². The summed E-state index contributed by atoms with van der Waals surface area (Å²) in [6, 6.07) is 6.28. The van der Waals surface area contributed by atoms with Crippen LogP contribution in [0.5, 0.6) is 5.75 Å². The van der Waals surface area contributed by atoms with Crippen molar-refractivity contribution in [2.24, 2.45) is 0 Å². The minimum atomic E-state index is -0.533. The van der Waals surface area contributed by atoms with Crippen molar-refractivity contribution in [3.05, 3.63) is 33.9 Å². The lowest BCUT2D eigenvalue weighted by Gasteiger charge is -2.00. The summed E-state index contributed by atoms with van der Waals surface area (Å²) in [6.07, 6.45) is 0.0971. The van der Waals surface area contributed by atoms with Crippen LogP contribution in [0.25, 0.3) is 0 Å². The fourth-order valence-corrected chi connectivity index (χ4v) is 1.10. The summed E-state index contributed by atoms with van der Waals surface area (Å²) in [5, 5.41) is 19.0. The molecule has 0 aliphatic rings. The molecule has 0 saturated carbocycles. The highest BCUT2D eigenvalue weighted by atomic mass is 16.6. The molecule has 5 heteroatoms. The maximum absolute atomic E-state index is 10.7. The highest BCUT2D eigenvalue weighted by Crippen LogP contribution is 2.26. The maximum atomic E-state index is 10.7. The van der Waals surface area contributed by atoms with Gasteiger partial charge in [-0.25, -0.2) is 0 Å². The van der Waals surface area contributed by atoms with E-state index in [2.05, 4.69) is 11.8 Å². The van der Waals surface area contributed by atoms with Gasteiger partial charge in [0.05, 0.1) is 24.5 Å². The van der Waals surface area contributed by atoms with Crippen molar-refractivity contribution in [3.63, 3.8) is 0 Å². The number of nitro groups is 1. The number of nitriles is 1. The third kappa shape index (κ3) is 2.73. The number of rotatable bonds is 2. The average Bonchev–Trinajstić information content (AvgIpc) is 2.29. The minimum Gasteiger partial charge on any atom is -0.490 e. The Labute approximate surface area is 92.4 Å². The summed E-state index contributed by atoms with van der Waals surface area (Å²) in [4.78, 5) is 10.2. The lowest BCUT2D eigenvalue weighted by Crippen LogP contribution is -1.94. The first kappa shape index (κ1) is 11.5. The van der Waals surface area contributed by atoms with Gasteiger partial charge >= 0.3 is 5.69 Å². The normalized spacial score (nSPS) is 8.50. The van der Waals surface area contributed by atoms with Gasteiger partial charge in [0.15, 0.2) is 5.75 Å². The van der Waals surface area contributed by atoms with Gasteiger partial charge in [-0.3, -0.25) is 10.1 Å². The van der Waals surface area contributed by atoms with E-state index in [0.717, 1.165) is 0 Å². The summed E-state index contributed by atoms with van der Waals surface area (Å²) in [5.74, 6) is 5.43. The molecule has 0 heterocycles. The summed E-state index contributed by atoms with van der Waals surface area (Å²) >= 11 is 0. The van der Waals surface area contributed by atoms with E-state index in [-0.39, 0.29) is 17.9 Å². The molecule has 0 amide bonds. The van der Waals surface area contributed by atoms with Gasteiger partial charge in [-0.05, 0) is 12.1 Å². The molecule has 1 aromatic carbocycles. The lowest BCUT2D eigenvalue weighted by molar-refractivity contribution is -0.385. The number of ether oxygens (including phenoxy) is 1. The number of hydrogen-bond donors (Lipinski definition) is 0. The van der Waals surface area contributed by atoms with Crippen LogP contribution < -0.4 is 4.74 Å². The third-order valence-corrected chi connectivity index (χ3v) is 1.78. The first-order valence-corrected chi connectivity index (χ1v) is 4.37. The van der Waals surface area contributed by atoms with Crippen LogP contribution in [0.2, 0.25) is 0 Å². The fourth-order valence-electron chi connectivity index (χ4n) is 1.10. The van der Waals surface area contributed by atoms with Gasteiger partial charge < -0.3 is 4.74 Å². The van der Waals surface area contributed by atoms with Crippen LogP contribution in [0.1, 0.15) is 12.0 Å². The lowest BCUT2D eigenvalue weighted by atomic mass is 10.2. The van der Waals surface area contributed by atoms with Gasteiger partial charge in [0, 0.05) is 11.6 Å². The number of nitrogens with zero attached hydrogens (tertiary/aromatic N) is 2. The molecule has 0 radical (unpaired) electrons. The zero-order chi connectivity index (χ0) is 12.0. The Balaban J connectivity index is 3.10. The van der Waals surface area contributed by atoms with E-state index in [9.17, 15) is 10.1 Å². The number of benzene rings is 1. The Bertz CT molecular complexity index is 506. The highest BCUT2D eigenvalue weighted by Gasteiger charge is 2.14. The zero-order valence-electron chi connectivity index (χ0n) is 8.56. The van der Waals surface area contributed by atoms with Crippen LogP contribution in [-0.2, 0) is 0 Å². The Morgan fingerprint density at radius 1 is 1.56 bits per heavy atom. The second-order valence-corrected chi connectivity index (χ2v) is 2.78. The first-order chi connectivity index (χ1) is 7.69. The molecule has 0 atom stereocenters. The summed E-state index contributed by atoms with van der Waals surface area (Å²) in [7, 11) is 1.36. The molecule has 0 bridgehead atoms.